The fourth-order valence-corrected chi connectivity index (χ4v) is 5.33. The predicted octanol–water partition coefficient (Wildman–Crippen LogP) is 0.903. The number of pyridine rings is 1. The third-order valence-electron chi connectivity index (χ3n) is 6.33. The van der Waals surface area contributed by atoms with Gasteiger partial charge in [-0.15, -0.1) is 0 Å². The molecule has 2 aliphatic rings. The van der Waals surface area contributed by atoms with Crippen LogP contribution < -0.4 is 16.0 Å². The molecule has 0 spiro atoms. The van der Waals surface area contributed by atoms with Crippen molar-refractivity contribution >= 4 is 38.5 Å². The molecule has 13 heteroatoms. The molecule has 0 unspecified atom stereocenters. The SMILES string of the molecule is CS(=O)(=O)N1CC=C(c2cc(N3CCC[C@@H](NC(=O)c4ccnc(F)c4)C3)c3c(N)ncnn23)C1. The van der Waals surface area contributed by atoms with Gasteiger partial charge in [0.1, 0.15) is 11.8 Å². The second-order valence-corrected chi connectivity index (χ2v) is 10.7. The van der Waals surface area contributed by atoms with Gasteiger partial charge in [0.05, 0.1) is 17.6 Å². The van der Waals surface area contributed by atoms with Crippen molar-refractivity contribution in [1.82, 2.24) is 29.2 Å². The van der Waals surface area contributed by atoms with E-state index in [1.54, 1.807) is 4.52 Å². The van der Waals surface area contributed by atoms with Crippen molar-refractivity contribution < 1.29 is 17.6 Å². The predicted molar refractivity (Wildman–Crippen MR) is 129 cm³/mol. The van der Waals surface area contributed by atoms with Crippen molar-refractivity contribution in [3.63, 3.8) is 0 Å². The van der Waals surface area contributed by atoms with E-state index in [0.29, 0.717) is 24.4 Å². The van der Waals surface area contributed by atoms with Crippen LogP contribution in [-0.4, -0.2) is 76.7 Å². The molecule has 0 radical (unpaired) electrons. The van der Waals surface area contributed by atoms with Gasteiger partial charge >= 0.3 is 0 Å². The molecule has 5 heterocycles. The first-order chi connectivity index (χ1) is 16.7. The number of anilines is 2. The highest BCUT2D eigenvalue weighted by molar-refractivity contribution is 7.88. The van der Waals surface area contributed by atoms with E-state index in [-0.39, 0.29) is 24.1 Å². The number of amides is 1. The van der Waals surface area contributed by atoms with Crippen LogP contribution >= 0.6 is 0 Å². The van der Waals surface area contributed by atoms with Crippen molar-refractivity contribution in [3.8, 4) is 0 Å². The highest BCUT2D eigenvalue weighted by Gasteiger charge is 2.29. The molecule has 0 saturated carbocycles. The van der Waals surface area contributed by atoms with Crippen molar-refractivity contribution in [2.24, 2.45) is 0 Å². The minimum Gasteiger partial charge on any atom is -0.382 e. The van der Waals surface area contributed by atoms with Gasteiger partial charge in [-0.2, -0.15) is 13.8 Å². The van der Waals surface area contributed by atoms with Crippen molar-refractivity contribution in [3.05, 3.63) is 54.0 Å². The summed E-state index contributed by atoms with van der Waals surface area (Å²) in [6.07, 6.45) is 7.28. The van der Waals surface area contributed by atoms with Crippen LogP contribution in [0, 0.1) is 5.95 Å². The molecule has 3 aromatic heterocycles. The van der Waals surface area contributed by atoms with Gasteiger partial charge in [-0.1, -0.05) is 6.08 Å². The summed E-state index contributed by atoms with van der Waals surface area (Å²) in [4.78, 5) is 22.4. The van der Waals surface area contributed by atoms with Crippen LogP contribution in [0.2, 0.25) is 0 Å². The van der Waals surface area contributed by atoms with E-state index in [9.17, 15) is 17.6 Å². The molecule has 5 rings (SSSR count). The Morgan fingerprint density at radius 3 is 2.86 bits per heavy atom. The van der Waals surface area contributed by atoms with E-state index in [2.05, 4.69) is 25.3 Å². The Kier molecular flexibility index (Phi) is 5.89. The average molecular weight is 501 g/mol. The van der Waals surface area contributed by atoms with E-state index >= 15 is 0 Å². The lowest BCUT2D eigenvalue weighted by Gasteiger charge is -2.34. The number of fused-ring (bicyclic) bond motifs is 1. The Balaban J connectivity index is 1.42. The van der Waals surface area contributed by atoms with Crippen LogP contribution in [0.1, 0.15) is 28.9 Å². The molecular formula is C22H25FN8O3S. The van der Waals surface area contributed by atoms with E-state index < -0.39 is 16.0 Å². The highest BCUT2D eigenvalue weighted by Crippen LogP contribution is 2.35. The van der Waals surface area contributed by atoms with E-state index in [1.165, 1.54) is 29.2 Å². The summed E-state index contributed by atoms with van der Waals surface area (Å²) in [6.45, 7) is 1.79. The number of carbonyl (C=O) groups excluding carboxylic acids is 1. The maximum atomic E-state index is 13.4. The molecule has 1 fully saturated rings. The van der Waals surface area contributed by atoms with Gasteiger partial charge in [-0.3, -0.25) is 4.79 Å². The first kappa shape index (κ1) is 23.2. The van der Waals surface area contributed by atoms with E-state index in [1.807, 2.05) is 12.1 Å². The lowest BCUT2D eigenvalue weighted by Crippen LogP contribution is -2.47. The smallest absolute Gasteiger partial charge is 0.251 e. The highest BCUT2D eigenvalue weighted by atomic mass is 32.2. The second kappa shape index (κ2) is 8.89. The zero-order valence-corrected chi connectivity index (χ0v) is 19.9. The van der Waals surface area contributed by atoms with Crippen LogP contribution in [0.4, 0.5) is 15.9 Å². The number of hydrogen-bond donors (Lipinski definition) is 2. The number of hydrogen-bond acceptors (Lipinski definition) is 8. The molecule has 2 aliphatic heterocycles. The summed E-state index contributed by atoms with van der Waals surface area (Å²) >= 11 is 0. The van der Waals surface area contributed by atoms with Crippen LogP contribution in [0.5, 0.6) is 0 Å². The number of nitrogens with zero attached hydrogens (tertiary/aromatic N) is 6. The summed E-state index contributed by atoms with van der Waals surface area (Å²) in [6, 6.07) is 4.36. The molecule has 3 aromatic rings. The van der Waals surface area contributed by atoms with Gasteiger partial charge in [0.2, 0.25) is 16.0 Å². The van der Waals surface area contributed by atoms with Gasteiger partial charge in [0.15, 0.2) is 5.82 Å². The Labute approximate surface area is 201 Å². The van der Waals surface area contributed by atoms with Crippen molar-refractivity contribution in [1.29, 1.82) is 0 Å². The van der Waals surface area contributed by atoms with Gasteiger partial charge in [-0.05, 0) is 30.5 Å². The third-order valence-corrected chi connectivity index (χ3v) is 7.55. The number of nitrogens with two attached hydrogens (primary N) is 1. The number of sulfonamides is 1. The van der Waals surface area contributed by atoms with Gasteiger partial charge in [0, 0.05) is 50.0 Å². The van der Waals surface area contributed by atoms with Gasteiger partial charge in [-0.25, -0.2) is 22.9 Å². The fourth-order valence-electron chi connectivity index (χ4n) is 4.61. The topological polar surface area (TPSA) is 139 Å². The molecular weight excluding hydrogens is 475 g/mol. The van der Waals surface area contributed by atoms with Crippen LogP contribution in [0.3, 0.4) is 0 Å². The monoisotopic (exact) mass is 500 g/mol. The van der Waals surface area contributed by atoms with Gasteiger partial charge < -0.3 is 16.0 Å². The summed E-state index contributed by atoms with van der Waals surface area (Å²) in [5.41, 5.74) is 9.47. The molecule has 0 aliphatic carbocycles. The minimum atomic E-state index is -3.33. The lowest BCUT2D eigenvalue weighted by molar-refractivity contribution is 0.0932. The summed E-state index contributed by atoms with van der Waals surface area (Å²) in [5, 5.41) is 7.36. The number of nitrogens with one attached hydrogen (secondary N) is 1. The summed E-state index contributed by atoms with van der Waals surface area (Å²) in [7, 11) is -3.33. The molecule has 11 nitrogen and oxygen atoms in total. The zero-order chi connectivity index (χ0) is 24.7. The molecule has 35 heavy (non-hydrogen) atoms. The maximum Gasteiger partial charge on any atom is 0.251 e. The average Bonchev–Trinajstić information content (AvgIpc) is 3.45. The number of nitrogen functional groups attached to an aromatic ring is 1. The summed E-state index contributed by atoms with van der Waals surface area (Å²) in [5.74, 6) is -0.763. The van der Waals surface area contributed by atoms with Crippen LogP contribution in [0.25, 0.3) is 11.1 Å². The Bertz CT molecular complexity index is 1440. The molecule has 0 bridgehead atoms. The molecule has 1 atom stereocenters. The standard InChI is InChI=1S/C22H25FN8O3S/c1-35(33,34)30-8-5-15(11-30)17-10-18(20-21(24)26-13-27-31(17)20)29-7-2-3-16(12-29)28-22(32)14-4-6-25-19(23)9-14/h4-6,9-10,13,16H,2-3,7-8,11-12H2,1H3,(H,28,32)(H2,24,26,27)/t16-/m1/s1. The number of aromatic nitrogens is 4. The maximum absolute atomic E-state index is 13.4. The number of halogens is 1. The fraction of sp³-hybridized carbons (Fsp3) is 0.364. The zero-order valence-electron chi connectivity index (χ0n) is 19.1. The molecule has 1 saturated heterocycles. The normalized spacial score (nSPS) is 19.2. The Morgan fingerprint density at radius 1 is 1.29 bits per heavy atom. The Hall–Kier alpha value is -3.58. The number of piperidine rings is 1. The first-order valence-electron chi connectivity index (χ1n) is 11.1. The van der Waals surface area contributed by atoms with Crippen LogP contribution in [0.15, 0.2) is 36.8 Å². The number of rotatable bonds is 5. The van der Waals surface area contributed by atoms with Crippen molar-refractivity contribution in [2.75, 3.05) is 43.1 Å². The first-order valence-corrected chi connectivity index (χ1v) is 13.0. The van der Waals surface area contributed by atoms with Gasteiger partial charge in [0.25, 0.3) is 5.91 Å². The summed E-state index contributed by atoms with van der Waals surface area (Å²) < 4.78 is 40.5. The van der Waals surface area contributed by atoms with E-state index in [4.69, 9.17) is 5.73 Å². The molecule has 184 valence electrons. The largest absolute Gasteiger partial charge is 0.382 e. The van der Waals surface area contributed by atoms with Crippen molar-refractivity contribution in [2.45, 2.75) is 18.9 Å². The molecule has 0 aromatic carbocycles. The second-order valence-electron chi connectivity index (χ2n) is 8.73. The lowest BCUT2D eigenvalue weighted by atomic mass is 10.0. The number of carbonyl (C=O) groups is 1. The quantitative estimate of drug-likeness (QED) is 0.493. The molecule has 3 N–H and O–H groups in total. The molecule has 1 amide bonds. The third kappa shape index (κ3) is 4.56. The van der Waals surface area contributed by atoms with Crippen LogP contribution in [-0.2, 0) is 10.0 Å². The van der Waals surface area contributed by atoms with E-state index in [0.717, 1.165) is 42.4 Å². The Morgan fingerprint density at radius 2 is 2.11 bits per heavy atom. The minimum absolute atomic E-state index is 0.164.